The second kappa shape index (κ2) is 5.77. The first-order valence-corrected chi connectivity index (χ1v) is 7.83. The molecule has 1 aromatic carbocycles. The molecule has 0 bridgehead atoms. The third-order valence-electron chi connectivity index (χ3n) is 3.21. The van der Waals surface area contributed by atoms with E-state index < -0.39 is 22.4 Å². The minimum absolute atomic E-state index is 0.00995. The summed E-state index contributed by atoms with van der Waals surface area (Å²) in [5, 5.41) is 9.03. The van der Waals surface area contributed by atoms with Crippen LogP contribution in [-0.2, 0) is 21.4 Å². The Morgan fingerprint density at radius 1 is 1.35 bits per heavy atom. The van der Waals surface area contributed by atoms with E-state index in [1.54, 1.807) is 0 Å². The summed E-state index contributed by atoms with van der Waals surface area (Å²) in [5.41, 5.74) is -0.0274. The Kier molecular flexibility index (Phi) is 4.43. The number of morpholine rings is 1. The Bertz CT molecular complexity index is 580. The van der Waals surface area contributed by atoms with Crippen molar-refractivity contribution < 1.29 is 22.7 Å². The molecule has 2 rings (SSSR count). The highest BCUT2D eigenvalue weighted by molar-refractivity contribution is 7.89. The monoisotopic (exact) mass is 303 g/mol. The van der Waals surface area contributed by atoms with E-state index in [4.69, 9.17) is 9.84 Å². The van der Waals surface area contributed by atoms with Crippen LogP contribution in [0.3, 0.4) is 0 Å². The van der Waals surface area contributed by atoms with Crippen molar-refractivity contribution in [3.8, 4) is 0 Å². The van der Waals surface area contributed by atoms with Gasteiger partial charge in [-0.1, -0.05) is 0 Å². The fourth-order valence-electron chi connectivity index (χ4n) is 2.31. The van der Waals surface area contributed by atoms with Crippen molar-refractivity contribution in [2.24, 2.45) is 0 Å². The van der Waals surface area contributed by atoms with Crippen molar-refractivity contribution in [2.45, 2.75) is 37.6 Å². The van der Waals surface area contributed by atoms with Crippen molar-refractivity contribution in [1.29, 1.82) is 0 Å². The van der Waals surface area contributed by atoms with Crippen molar-refractivity contribution in [1.82, 2.24) is 4.31 Å². The lowest BCUT2D eigenvalue weighted by Crippen LogP contribution is -2.48. The number of aliphatic hydroxyl groups is 1. The molecule has 1 heterocycles. The summed E-state index contributed by atoms with van der Waals surface area (Å²) in [6, 6.07) is 3.45. The molecule has 0 aliphatic carbocycles. The van der Waals surface area contributed by atoms with Gasteiger partial charge in [0.05, 0.1) is 23.7 Å². The number of hydrogen-bond donors (Lipinski definition) is 1. The van der Waals surface area contributed by atoms with Crippen molar-refractivity contribution in [3.63, 3.8) is 0 Å². The van der Waals surface area contributed by atoms with Crippen LogP contribution in [0.1, 0.15) is 19.4 Å². The standard InChI is InChI=1S/C13H18FNO4S/c1-9-6-15(7-10(2)19-9)20(17,18)12-3-4-13(14)11(5-12)8-16/h3-5,9-10,16H,6-8H2,1-2H3/t9-,10+. The van der Waals surface area contributed by atoms with Crippen LogP contribution < -0.4 is 0 Å². The third-order valence-corrected chi connectivity index (χ3v) is 5.04. The van der Waals surface area contributed by atoms with Gasteiger partial charge in [0.25, 0.3) is 0 Å². The zero-order valence-electron chi connectivity index (χ0n) is 11.4. The molecule has 2 atom stereocenters. The van der Waals surface area contributed by atoms with Crippen LogP contribution in [0.25, 0.3) is 0 Å². The lowest BCUT2D eigenvalue weighted by molar-refractivity contribution is -0.0440. The number of nitrogens with zero attached hydrogens (tertiary/aromatic N) is 1. The largest absolute Gasteiger partial charge is 0.392 e. The normalized spacial score (nSPS) is 24.8. The molecule has 112 valence electrons. The van der Waals surface area contributed by atoms with Gasteiger partial charge in [-0.3, -0.25) is 0 Å². The van der Waals surface area contributed by atoms with Crippen LogP contribution >= 0.6 is 0 Å². The number of aliphatic hydroxyl groups excluding tert-OH is 1. The molecule has 0 unspecified atom stereocenters. The van der Waals surface area contributed by atoms with Gasteiger partial charge < -0.3 is 9.84 Å². The van der Waals surface area contributed by atoms with Gasteiger partial charge in [0.2, 0.25) is 10.0 Å². The highest BCUT2D eigenvalue weighted by atomic mass is 32.2. The molecule has 0 spiro atoms. The van der Waals surface area contributed by atoms with Gasteiger partial charge in [0.1, 0.15) is 5.82 Å². The van der Waals surface area contributed by atoms with Crippen LogP contribution in [-0.4, -0.2) is 43.1 Å². The molecular formula is C13H18FNO4S. The Labute approximate surface area is 118 Å². The summed E-state index contributed by atoms with van der Waals surface area (Å²) >= 11 is 0. The summed E-state index contributed by atoms with van der Waals surface area (Å²) in [6.45, 7) is 3.60. The fourth-order valence-corrected chi connectivity index (χ4v) is 3.95. The highest BCUT2D eigenvalue weighted by Gasteiger charge is 2.32. The van der Waals surface area contributed by atoms with Gasteiger partial charge in [-0.15, -0.1) is 0 Å². The smallest absolute Gasteiger partial charge is 0.243 e. The highest BCUT2D eigenvalue weighted by Crippen LogP contribution is 2.23. The summed E-state index contributed by atoms with van der Waals surface area (Å²) < 4.78 is 45.2. The first-order valence-electron chi connectivity index (χ1n) is 6.39. The average molecular weight is 303 g/mol. The molecule has 1 aliphatic heterocycles. The Morgan fingerprint density at radius 2 is 1.95 bits per heavy atom. The predicted octanol–water partition coefficient (Wildman–Crippen LogP) is 1.12. The molecular weight excluding hydrogens is 285 g/mol. The van der Waals surface area contributed by atoms with Crippen LogP contribution in [0.15, 0.2) is 23.1 Å². The number of benzene rings is 1. The van der Waals surface area contributed by atoms with Crippen molar-refractivity contribution in [3.05, 3.63) is 29.6 Å². The Morgan fingerprint density at radius 3 is 2.50 bits per heavy atom. The second-order valence-corrected chi connectivity index (χ2v) is 6.93. The van der Waals surface area contributed by atoms with Crippen LogP contribution in [0.4, 0.5) is 4.39 Å². The molecule has 1 saturated heterocycles. The SMILES string of the molecule is C[C@@H]1CN(S(=O)(=O)c2ccc(F)c(CO)c2)C[C@H](C)O1. The van der Waals surface area contributed by atoms with Gasteiger partial charge in [-0.2, -0.15) is 4.31 Å². The van der Waals surface area contributed by atoms with Gasteiger partial charge in [0.15, 0.2) is 0 Å². The minimum atomic E-state index is -3.70. The van der Waals surface area contributed by atoms with Gasteiger partial charge >= 0.3 is 0 Å². The van der Waals surface area contributed by atoms with Crippen molar-refractivity contribution >= 4 is 10.0 Å². The summed E-state index contributed by atoms with van der Waals surface area (Å²) in [7, 11) is -3.70. The maximum absolute atomic E-state index is 13.3. The summed E-state index contributed by atoms with van der Waals surface area (Å²) in [4.78, 5) is -0.00995. The molecule has 1 fully saturated rings. The van der Waals surface area contributed by atoms with Gasteiger partial charge in [0, 0.05) is 18.7 Å². The molecule has 0 saturated carbocycles. The lowest BCUT2D eigenvalue weighted by atomic mass is 10.2. The number of halogens is 1. The maximum atomic E-state index is 13.3. The average Bonchev–Trinajstić information content (AvgIpc) is 2.37. The lowest BCUT2D eigenvalue weighted by Gasteiger charge is -2.34. The molecule has 1 aliphatic rings. The third kappa shape index (κ3) is 3.01. The summed E-state index contributed by atoms with van der Waals surface area (Å²) in [5.74, 6) is -0.616. The number of ether oxygens (including phenoxy) is 1. The number of hydrogen-bond acceptors (Lipinski definition) is 4. The summed E-state index contributed by atoms with van der Waals surface area (Å²) in [6.07, 6.45) is -0.377. The molecule has 5 nitrogen and oxygen atoms in total. The molecule has 0 radical (unpaired) electrons. The van der Waals surface area contributed by atoms with E-state index in [0.717, 1.165) is 6.07 Å². The van der Waals surface area contributed by atoms with Crippen LogP contribution in [0.5, 0.6) is 0 Å². The first kappa shape index (κ1) is 15.4. The van der Waals surface area contributed by atoms with E-state index in [0.29, 0.717) is 0 Å². The van der Waals surface area contributed by atoms with Gasteiger partial charge in [-0.05, 0) is 32.0 Å². The number of rotatable bonds is 3. The van der Waals surface area contributed by atoms with Crippen molar-refractivity contribution in [2.75, 3.05) is 13.1 Å². The molecule has 1 N–H and O–H groups in total. The van der Waals surface area contributed by atoms with E-state index in [1.165, 1.54) is 16.4 Å². The van der Waals surface area contributed by atoms with E-state index >= 15 is 0 Å². The quantitative estimate of drug-likeness (QED) is 0.908. The molecule has 1 aromatic rings. The Balaban J connectivity index is 2.34. The molecule has 20 heavy (non-hydrogen) atoms. The predicted molar refractivity (Wildman–Crippen MR) is 71.1 cm³/mol. The molecule has 0 aromatic heterocycles. The maximum Gasteiger partial charge on any atom is 0.243 e. The van der Waals surface area contributed by atoms with Crippen LogP contribution in [0.2, 0.25) is 0 Å². The topological polar surface area (TPSA) is 66.8 Å². The zero-order valence-corrected chi connectivity index (χ0v) is 12.2. The zero-order chi connectivity index (χ0) is 14.9. The molecule has 7 heteroatoms. The van der Waals surface area contributed by atoms with Gasteiger partial charge in [-0.25, -0.2) is 12.8 Å². The number of sulfonamides is 1. The van der Waals surface area contributed by atoms with E-state index in [2.05, 4.69) is 0 Å². The fraction of sp³-hybridized carbons (Fsp3) is 0.538. The minimum Gasteiger partial charge on any atom is -0.392 e. The molecule has 0 amide bonds. The van der Waals surface area contributed by atoms with E-state index in [-0.39, 0.29) is 35.8 Å². The van der Waals surface area contributed by atoms with Crippen LogP contribution in [0, 0.1) is 5.82 Å². The first-order chi connectivity index (χ1) is 9.34. The second-order valence-electron chi connectivity index (χ2n) is 4.99. The Hall–Kier alpha value is -1.02. The van der Waals surface area contributed by atoms with E-state index in [9.17, 15) is 12.8 Å². The van der Waals surface area contributed by atoms with E-state index in [1.807, 2.05) is 13.8 Å².